The van der Waals surface area contributed by atoms with Crippen LogP contribution in [0.1, 0.15) is 6.42 Å². The molecule has 0 aromatic carbocycles. The molecule has 1 saturated heterocycles. The lowest BCUT2D eigenvalue weighted by Crippen LogP contribution is -2.44. The van der Waals surface area contributed by atoms with Crippen molar-refractivity contribution in [1.82, 2.24) is 10.2 Å². The molecule has 0 unspecified atom stereocenters. The number of alkyl halides is 6. The first-order chi connectivity index (χ1) is 9.21. The lowest BCUT2D eigenvalue weighted by Gasteiger charge is -2.27. The van der Waals surface area contributed by atoms with E-state index in [4.69, 9.17) is 4.74 Å². The molecule has 0 saturated carbocycles. The minimum Gasteiger partial charge on any atom is -0.379 e. The van der Waals surface area contributed by atoms with Gasteiger partial charge < -0.3 is 10.1 Å². The third-order valence-corrected chi connectivity index (χ3v) is 3.07. The third kappa shape index (κ3) is 6.27. The van der Waals surface area contributed by atoms with E-state index in [1.165, 1.54) is 0 Å². The highest BCUT2D eigenvalue weighted by molar-refractivity contribution is 4.77. The maximum atomic E-state index is 12.2. The Labute approximate surface area is 113 Å². The van der Waals surface area contributed by atoms with E-state index >= 15 is 0 Å². The summed E-state index contributed by atoms with van der Waals surface area (Å²) >= 11 is 0. The van der Waals surface area contributed by atoms with Crippen LogP contribution in [0.15, 0.2) is 0 Å². The number of rotatable bonds is 6. The van der Waals surface area contributed by atoms with Gasteiger partial charge in [0, 0.05) is 19.6 Å². The number of nitrogens with one attached hydrogen (secondary N) is 1. The van der Waals surface area contributed by atoms with E-state index in [2.05, 4.69) is 10.2 Å². The van der Waals surface area contributed by atoms with E-state index < -0.39 is 24.8 Å². The summed E-state index contributed by atoms with van der Waals surface area (Å²) in [7, 11) is 0. The average molecular weight is 308 g/mol. The SMILES string of the molecule is FC(F)(F)C(CNCCCN1CCOCC1)C(F)(F)F. The van der Waals surface area contributed by atoms with Gasteiger partial charge in [-0.1, -0.05) is 0 Å². The van der Waals surface area contributed by atoms with Crippen molar-refractivity contribution in [3.8, 4) is 0 Å². The summed E-state index contributed by atoms with van der Waals surface area (Å²) in [5, 5.41) is 2.24. The Kier molecular flexibility index (Phi) is 6.53. The van der Waals surface area contributed by atoms with Crippen molar-refractivity contribution in [2.24, 2.45) is 5.92 Å². The number of nitrogens with zero attached hydrogens (tertiary/aromatic N) is 1. The quantitative estimate of drug-likeness (QED) is 0.600. The summed E-state index contributed by atoms with van der Waals surface area (Å²) in [6.45, 7) is 2.34. The number of morpholine rings is 1. The summed E-state index contributed by atoms with van der Waals surface area (Å²) in [5.74, 6) is -3.31. The summed E-state index contributed by atoms with van der Waals surface area (Å²) in [6, 6.07) is 0. The Morgan fingerprint density at radius 2 is 1.55 bits per heavy atom. The second-order valence-electron chi connectivity index (χ2n) is 4.65. The van der Waals surface area contributed by atoms with Crippen LogP contribution in [0.2, 0.25) is 0 Å². The van der Waals surface area contributed by atoms with Crippen molar-refractivity contribution in [1.29, 1.82) is 0 Å². The molecule has 0 aliphatic carbocycles. The molecule has 0 radical (unpaired) electrons. The molecule has 20 heavy (non-hydrogen) atoms. The second-order valence-corrected chi connectivity index (χ2v) is 4.65. The molecular weight excluding hydrogens is 290 g/mol. The first-order valence-corrected chi connectivity index (χ1v) is 6.35. The highest BCUT2D eigenvalue weighted by Crippen LogP contribution is 2.38. The van der Waals surface area contributed by atoms with Gasteiger partial charge in [-0.05, 0) is 19.5 Å². The Morgan fingerprint density at radius 3 is 2.05 bits per heavy atom. The molecule has 1 heterocycles. The fraction of sp³-hybridized carbons (Fsp3) is 1.00. The minimum atomic E-state index is -5.27. The number of hydrogen-bond acceptors (Lipinski definition) is 3. The number of ether oxygens (including phenoxy) is 1. The molecule has 1 aliphatic rings. The molecule has 0 spiro atoms. The number of hydrogen-bond donors (Lipinski definition) is 1. The maximum absolute atomic E-state index is 12.2. The van der Waals surface area contributed by atoms with Crippen molar-refractivity contribution in [2.45, 2.75) is 18.8 Å². The molecule has 1 N–H and O–H groups in total. The summed E-state index contributed by atoms with van der Waals surface area (Å²) in [4.78, 5) is 2.07. The van der Waals surface area contributed by atoms with Crippen molar-refractivity contribution in [2.75, 3.05) is 45.9 Å². The predicted molar refractivity (Wildman–Crippen MR) is 60.3 cm³/mol. The molecule has 0 bridgehead atoms. The van der Waals surface area contributed by atoms with Crippen molar-refractivity contribution in [3.05, 3.63) is 0 Å². The third-order valence-electron chi connectivity index (χ3n) is 3.07. The van der Waals surface area contributed by atoms with Gasteiger partial charge in [0.2, 0.25) is 0 Å². The average Bonchev–Trinajstić information content (AvgIpc) is 2.31. The summed E-state index contributed by atoms with van der Waals surface area (Å²) in [6.07, 6.45) is -10.0. The zero-order chi connectivity index (χ0) is 15.2. The fourth-order valence-corrected chi connectivity index (χ4v) is 1.92. The van der Waals surface area contributed by atoms with E-state index in [-0.39, 0.29) is 6.54 Å². The molecular formula is C11H18F6N2O. The first-order valence-electron chi connectivity index (χ1n) is 6.35. The topological polar surface area (TPSA) is 24.5 Å². The van der Waals surface area contributed by atoms with E-state index in [9.17, 15) is 26.3 Å². The van der Waals surface area contributed by atoms with Crippen LogP contribution in [-0.4, -0.2) is 63.2 Å². The Bertz CT molecular complexity index is 261. The lowest BCUT2D eigenvalue weighted by atomic mass is 10.1. The van der Waals surface area contributed by atoms with E-state index in [1.54, 1.807) is 0 Å². The van der Waals surface area contributed by atoms with Crippen molar-refractivity contribution >= 4 is 0 Å². The zero-order valence-corrected chi connectivity index (χ0v) is 10.9. The largest absolute Gasteiger partial charge is 0.401 e. The molecule has 0 aromatic rings. The van der Waals surface area contributed by atoms with Crippen LogP contribution in [-0.2, 0) is 4.74 Å². The lowest BCUT2D eigenvalue weighted by molar-refractivity contribution is -0.281. The van der Waals surface area contributed by atoms with Gasteiger partial charge in [-0.2, -0.15) is 26.3 Å². The zero-order valence-electron chi connectivity index (χ0n) is 10.9. The van der Waals surface area contributed by atoms with Crippen LogP contribution in [0.5, 0.6) is 0 Å². The molecule has 120 valence electrons. The highest BCUT2D eigenvalue weighted by Gasteiger charge is 2.56. The van der Waals surface area contributed by atoms with Gasteiger partial charge in [-0.3, -0.25) is 4.90 Å². The van der Waals surface area contributed by atoms with Gasteiger partial charge in [0.05, 0.1) is 13.2 Å². The van der Waals surface area contributed by atoms with Crippen LogP contribution in [0, 0.1) is 5.92 Å². The normalized spacial score (nSPS) is 18.8. The van der Waals surface area contributed by atoms with Gasteiger partial charge in [-0.15, -0.1) is 0 Å². The molecule has 0 aromatic heterocycles. The smallest absolute Gasteiger partial charge is 0.379 e. The maximum Gasteiger partial charge on any atom is 0.401 e. The first kappa shape index (κ1) is 17.5. The number of halogens is 6. The predicted octanol–water partition coefficient (Wildman–Crippen LogP) is 2.04. The van der Waals surface area contributed by atoms with E-state index in [0.717, 1.165) is 13.1 Å². The highest BCUT2D eigenvalue weighted by atomic mass is 19.4. The van der Waals surface area contributed by atoms with Crippen molar-refractivity contribution < 1.29 is 31.1 Å². The second kappa shape index (κ2) is 7.46. The minimum absolute atomic E-state index is 0.125. The molecule has 1 fully saturated rings. The molecule has 1 aliphatic heterocycles. The van der Waals surface area contributed by atoms with Crippen LogP contribution >= 0.6 is 0 Å². The van der Waals surface area contributed by atoms with Gasteiger partial charge in [0.15, 0.2) is 5.92 Å². The Morgan fingerprint density at radius 1 is 1.00 bits per heavy atom. The van der Waals surface area contributed by atoms with Crippen LogP contribution in [0.4, 0.5) is 26.3 Å². The van der Waals surface area contributed by atoms with Gasteiger partial charge >= 0.3 is 12.4 Å². The van der Waals surface area contributed by atoms with E-state index in [0.29, 0.717) is 26.2 Å². The molecule has 0 amide bonds. The molecule has 9 heteroatoms. The Hall–Kier alpha value is -0.540. The summed E-state index contributed by atoms with van der Waals surface area (Å²) in [5.41, 5.74) is 0. The molecule has 0 atom stereocenters. The molecule has 3 nitrogen and oxygen atoms in total. The molecule has 1 rings (SSSR count). The van der Waals surface area contributed by atoms with Gasteiger partial charge in [-0.25, -0.2) is 0 Å². The van der Waals surface area contributed by atoms with Gasteiger partial charge in [0.1, 0.15) is 0 Å². The summed E-state index contributed by atoms with van der Waals surface area (Å²) < 4.78 is 78.5. The Balaban J connectivity index is 2.20. The van der Waals surface area contributed by atoms with Crippen LogP contribution < -0.4 is 5.32 Å². The van der Waals surface area contributed by atoms with Crippen LogP contribution in [0.3, 0.4) is 0 Å². The standard InChI is InChI=1S/C11H18F6N2O/c12-10(13,14)9(11(15,16)17)8-18-2-1-3-19-4-6-20-7-5-19/h9,18H,1-8H2. The fourth-order valence-electron chi connectivity index (χ4n) is 1.92. The van der Waals surface area contributed by atoms with Gasteiger partial charge in [0.25, 0.3) is 0 Å². The van der Waals surface area contributed by atoms with E-state index in [1.807, 2.05) is 0 Å². The monoisotopic (exact) mass is 308 g/mol. The van der Waals surface area contributed by atoms with Crippen LogP contribution in [0.25, 0.3) is 0 Å². The van der Waals surface area contributed by atoms with Crippen molar-refractivity contribution in [3.63, 3.8) is 0 Å².